The summed E-state index contributed by atoms with van der Waals surface area (Å²) in [5.41, 5.74) is 0.869. The maximum absolute atomic E-state index is 10.9. The van der Waals surface area contributed by atoms with Crippen LogP contribution in [0.4, 0.5) is 0 Å². The highest BCUT2D eigenvalue weighted by atomic mass is 35.5. The van der Waals surface area contributed by atoms with Crippen LogP contribution in [0.3, 0.4) is 0 Å². The number of benzene rings is 1. The number of carboxylic acid groups (broad SMARTS) is 1. The van der Waals surface area contributed by atoms with Gasteiger partial charge in [-0.1, -0.05) is 11.6 Å². The van der Waals surface area contributed by atoms with Gasteiger partial charge >= 0.3 is 5.97 Å². The standard InChI is InChI=1S/C11H9ClN2O3/c12-7-1-3-8(4-2-7)14-10(6-15)9(5-13-14)11(16)17/h1-5,15H,6H2,(H,16,17). The molecule has 2 aromatic rings. The van der Waals surface area contributed by atoms with Gasteiger partial charge in [0, 0.05) is 5.02 Å². The molecule has 0 atom stereocenters. The molecule has 0 saturated carbocycles. The smallest absolute Gasteiger partial charge is 0.339 e. The molecule has 0 bridgehead atoms. The molecular weight excluding hydrogens is 244 g/mol. The number of aliphatic hydroxyl groups is 1. The lowest BCUT2D eigenvalue weighted by molar-refractivity contribution is 0.0693. The number of rotatable bonds is 3. The van der Waals surface area contributed by atoms with Crippen LogP contribution in [0.5, 0.6) is 0 Å². The predicted molar refractivity (Wildman–Crippen MR) is 61.5 cm³/mol. The third-order valence-electron chi connectivity index (χ3n) is 2.32. The van der Waals surface area contributed by atoms with Crippen molar-refractivity contribution in [1.82, 2.24) is 9.78 Å². The number of carbonyl (C=O) groups is 1. The van der Waals surface area contributed by atoms with E-state index in [2.05, 4.69) is 5.10 Å². The van der Waals surface area contributed by atoms with Gasteiger partial charge in [-0.25, -0.2) is 9.48 Å². The Morgan fingerprint density at radius 3 is 2.53 bits per heavy atom. The van der Waals surface area contributed by atoms with E-state index in [1.807, 2.05) is 0 Å². The molecule has 0 unspecified atom stereocenters. The minimum Gasteiger partial charge on any atom is -0.478 e. The van der Waals surface area contributed by atoms with Crippen LogP contribution >= 0.6 is 11.6 Å². The van der Waals surface area contributed by atoms with E-state index >= 15 is 0 Å². The normalized spacial score (nSPS) is 10.5. The third kappa shape index (κ3) is 2.15. The maximum atomic E-state index is 10.9. The molecule has 0 fully saturated rings. The Morgan fingerprint density at radius 1 is 1.35 bits per heavy atom. The minimum atomic E-state index is -1.12. The number of nitrogens with zero attached hydrogens (tertiary/aromatic N) is 2. The van der Waals surface area contributed by atoms with Crippen LogP contribution in [0.25, 0.3) is 5.69 Å². The molecule has 0 aliphatic heterocycles. The molecular formula is C11H9ClN2O3. The zero-order chi connectivity index (χ0) is 12.4. The van der Waals surface area contributed by atoms with E-state index in [0.717, 1.165) is 0 Å². The van der Waals surface area contributed by atoms with E-state index in [9.17, 15) is 9.90 Å². The van der Waals surface area contributed by atoms with Gasteiger partial charge in [-0.15, -0.1) is 0 Å². The Hall–Kier alpha value is -1.85. The van der Waals surface area contributed by atoms with Gasteiger partial charge in [-0.2, -0.15) is 5.10 Å². The van der Waals surface area contributed by atoms with Crippen LogP contribution in [0.2, 0.25) is 5.02 Å². The van der Waals surface area contributed by atoms with E-state index < -0.39 is 12.6 Å². The fourth-order valence-corrected chi connectivity index (χ4v) is 1.64. The van der Waals surface area contributed by atoms with Crippen LogP contribution in [0, 0.1) is 0 Å². The summed E-state index contributed by atoms with van der Waals surface area (Å²) in [4.78, 5) is 10.9. The van der Waals surface area contributed by atoms with Gasteiger partial charge in [0.2, 0.25) is 0 Å². The van der Waals surface area contributed by atoms with E-state index in [0.29, 0.717) is 10.7 Å². The van der Waals surface area contributed by atoms with Crippen LogP contribution in [0.15, 0.2) is 30.5 Å². The number of aromatic nitrogens is 2. The topological polar surface area (TPSA) is 75.3 Å². The SMILES string of the molecule is O=C(O)c1cnn(-c2ccc(Cl)cc2)c1CO. The van der Waals surface area contributed by atoms with Crippen molar-refractivity contribution in [1.29, 1.82) is 0 Å². The molecule has 1 aromatic carbocycles. The van der Waals surface area contributed by atoms with Crippen molar-refractivity contribution < 1.29 is 15.0 Å². The first-order chi connectivity index (χ1) is 8.13. The summed E-state index contributed by atoms with van der Waals surface area (Å²) in [5, 5.41) is 22.6. The Kier molecular flexibility index (Phi) is 3.12. The summed E-state index contributed by atoms with van der Waals surface area (Å²) in [7, 11) is 0. The van der Waals surface area contributed by atoms with E-state index in [-0.39, 0.29) is 11.3 Å². The summed E-state index contributed by atoms with van der Waals surface area (Å²) in [6.45, 7) is -0.399. The fraction of sp³-hybridized carbons (Fsp3) is 0.0909. The number of halogens is 1. The van der Waals surface area contributed by atoms with Crippen molar-refractivity contribution in [3.05, 3.63) is 46.7 Å². The zero-order valence-electron chi connectivity index (χ0n) is 8.67. The molecule has 0 aliphatic carbocycles. The Labute approximate surface area is 102 Å². The zero-order valence-corrected chi connectivity index (χ0v) is 9.42. The second kappa shape index (κ2) is 4.57. The van der Waals surface area contributed by atoms with Crippen molar-refractivity contribution in [3.63, 3.8) is 0 Å². The van der Waals surface area contributed by atoms with Crippen molar-refractivity contribution in [3.8, 4) is 5.69 Å². The van der Waals surface area contributed by atoms with E-state index in [4.69, 9.17) is 16.7 Å². The van der Waals surface area contributed by atoms with Crippen LogP contribution < -0.4 is 0 Å². The van der Waals surface area contributed by atoms with Crippen molar-refractivity contribution in [2.24, 2.45) is 0 Å². The molecule has 0 radical (unpaired) electrons. The second-order valence-corrected chi connectivity index (χ2v) is 3.79. The molecule has 2 N–H and O–H groups in total. The van der Waals surface area contributed by atoms with Crippen molar-refractivity contribution in [2.45, 2.75) is 6.61 Å². The molecule has 1 heterocycles. The molecule has 5 nitrogen and oxygen atoms in total. The number of aromatic carboxylic acids is 1. The highest BCUT2D eigenvalue weighted by Crippen LogP contribution is 2.17. The Morgan fingerprint density at radius 2 is 2.00 bits per heavy atom. The first-order valence-electron chi connectivity index (χ1n) is 4.80. The molecule has 0 aliphatic rings. The Balaban J connectivity index is 2.52. The average Bonchev–Trinajstić information content (AvgIpc) is 2.73. The second-order valence-electron chi connectivity index (χ2n) is 3.36. The Bertz CT molecular complexity index is 548. The molecule has 0 amide bonds. The molecule has 2 rings (SSSR count). The number of hydrogen-bond acceptors (Lipinski definition) is 3. The summed E-state index contributed by atoms with van der Waals surface area (Å²) < 4.78 is 1.37. The number of hydrogen-bond donors (Lipinski definition) is 2. The van der Waals surface area contributed by atoms with E-state index in [1.54, 1.807) is 24.3 Å². The monoisotopic (exact) mass is 252 g/mol. The maximum Gasteiger partial charge on any atom is 0.339 e. The number of carboxylic acids is 1. The molecule has 6 heteroatoms. The minimum absolute atomic E-state index is 0.0116. The summed E-state index contributed by atoms with van der Waals surface area (Å²) in [6, 6.07) is 6.72. The lowest BCUT2D eigenvalue weighted by Gasteiger charge is -2.06. The lowest BCUT2D eigenvalue weighted by Crippen LogP contribution is -2.06. The van der Waals surface area contributed by atoms with Crippen LogP contribution in [-0.4, -0.2) is 26.0 Å². The highest BCUT2D eigenvalue weighted by Gasteiger charge is 2.16. The molecule has 17 heavy (non-hydrogen) atoms. The van der Waals surface area contributed by atoms with Gasteiger partial charge < -0.3 is 10.2 Å². The van der Waals surface area contributed by atoms with Gasteiger partial charge in [0.05, 0.1) is 24.2 Å². The summed E-state index contributed by atoms with van der Waals surface area (Å²) in [5.74, 6) is -1.12. The first-order valence-corrected chi connectivity index (χ1v) is 5.18. The van der Waals surface area contributed by atoms with Gasteiger partial charge in [-0.05, 0) is 24.3 Å². The molecule has 0 spiro atoms. The van der Waals surface area contributed by atoms with Crippen molar-refractivity contribution >= 4 is 17.6 Å². The first kappa shape index (κ1) is 11.6. The van der Waals surface area contributed by atoms with E-state index in [1.165, 1.54) is 10.9 Å². The average molecular weight is 253 g/mol. The summed E-state index contributed by atoms with van der Waals surface area (Å²) >= 11 is 5.76. The highest BCUT2D eigenvalue weighted by molar-refractivity contribution is 6.30. The molecule has 88 valence electrons. The van der Waals surface area contributed by atoms with Crippen LogP contribution in [0.1, 0.15) is 16.1 Å². The predicted octanol–water partition coefficient (Wildman–Crippen LogP) is 1.72. The molecule has 0 saturated heterocycles. The molecule has 1 aromatic heterocycles. The third-order valence-corrected chi connectivity index (χ3v) is 2.57. The van der Waals surface area contributed by atoms with Gasteiger partial charge in [0.15, 0.2) is 0 Å². The van der Waals surface area contributed by atoms with Gasteiger partial charge in [0.25, 0.3) is 0 Å². The van der Waals surface area contributed by atoms with Crippen molar-refractivity contribution in [2.75, 3.05) is 0 Å². The van der Waals surface area contributed by atoms with Gasteiger partial charge in [0.1, 0.15) is 5.56 Å². The fourth-order valence-electron chi connectivity index (χ4n) is 1.51. The van der Waals surface area contributed by atoms with Gasteiger partial charge in [-0.3, -0.25) is 0 Å². The quantitative estimate of drug-likeness (QED) is 0.872. The number of aliphatic hydroxyl groups excluding tert-OH is 1. The summed E-state index contributed by atoms with van der Waals surface area (Å²) in [6.07, 6.45) is 1.21. The largest absolute Gasteiger partial charge is 0.478 e. The van der Waals surface area contributed by atoms with Crippen LogP contribution in [-0.2, 0) is 6.61 Å². The lowest BCUT2D eigenvalue weighted by atomic mass is 10.2.